The molecule has 0 aliphatic carbocycles. The molecule has 1 saturated heterocycles. The summed E-state index contributed by atoms with van der Waals surface area (Å²) >= 11 is 3.36. The molecule has 8 heteroatoms. The van der Waals surface area contributed by atoms with E-state index >= 15 is 0 Å². The molecule has 2 aromatic rings. The maximum Gasteiger partial charge on any atom is 0.323 e. The van der Waals surface area contributed by atoms with Crippen LogP contribution < -0.4 is 15.4 Å². The molecule has 0 spiro atoms. The highest BCUT2D eigenvalue weighted by molar-refractivity contribution is 9.10. The predicted octanol–water partition coefficient (Wildman–Crippen LogP) is 2.04. The van der Waals surface area contributed by atoms with E-state index in [1.54, 1.807) is 24.3 Å². The van der Waals surface area contributed by atoms with E-state index < -0.39 is 17.5 Å². The fraction of sp³-hybridized carbons (Fsp3) is 0.190. The first kappa shape index (κ1) is 19.0. The maximum absolute atomic E-state index is 12.9. The summed E-state index contributed by atoms with van der Waals surface area (Å²) in [4.78, 5) is 38.8. The molecule has 0 radical (unpaired) electrons. The number of methoxy groups -OCH3 is 1. The molecule has 1 fully saturated rings. The minimum Gasteiger partial charge on any atom is -0.497 e. The van der Waals surface area contributed by atoms with Gasteiger partial charge in [-0.25, -0.2) is 4.79 Å². The van der Waals surface area contributed by atoms with Crippen molar-refractivity contribution in [3.63, 3.8) is 0 Å². The van der Waals surface area contributed by atoms with Crippen molar-refractivity contribution >= 4 is 33.8 Å². The van der Waals surface area contributed by atoms with Crippen LogP contribution in [0.1, 0.15) is 21.5 Å². The highest BCUT2D eigenvalue weighted by Gasteiger charge is 2.48. The highest BCUT2D eigenvalue weighted by atomic mass is 79.9. The van der Waals surface area contributed by atoms with Gasteiger partial charge in [0.15, 0.2) is 0 Å². The van der Waals surface area contributed by atoms with Crippen LogP contribution in [0.2, 0.25) is 0 Å². The molecule has 0 bridgehead atoms. The standard InChI is InChI=1S/C21H16BrN3O4/c1-29-16-7-4-14-11-25(18(26)17(14)10-16)12-21(19(27)23-20(28)24-21)9-8-13-2-5-15(22)6-3-13/h2-7,10H,11-12H2,1H3,(H2,23,24,27,28)/t21-/m1/s1. The molecular weight excluding hydrogens is 438 g/mol. The number of carbonyl (C=O) groups excluding carboxylic acids is 3. The van der Waals surface area contributed by atoms with Gasteiger partial charge in [0.2, 0.25) is 5.54 Å². The smallest absolute Gasteiger partial charge is 0.323 e. The maximum atomic E-state index is 12.9. The van der Waals surface area contributed by atoms with E-state index in [-0.39, 0.29) is 12.5 Å². The molecule has 7 nitrogen and oxygen atoms in total. The molecule has 2 aliphatic heterocycles. The van der Waals surface area contributed by atoms with Gasteiger partial charge in [0.1, 0.15) is 5.75 Å². The summed E-state index contributed by atoms with van der Waals surface area (Å²) in [5.74, 6) is 5.57. The first-order valence-electron chi connectivity index (χ1n) is 8.79. The van der Waals surface area contributed by atoms with Crippen molar-refractivity contribution in [3.05, 3.63) is 63.6 Å². The number of hydrogen-bond acceptors (Lipinski definition) is 4. The zero-order chi connectivity index (χ0) is 20.6. The van der Waals surface area contributed by atoms with E-state index in [1.807, 2.05) is 18.2 Å². The lowest BCUT2D eigenvalue weighted by atomic mass is 9.99. The van der Waals surface area contributed by atoms with Crippen LogP contribution in [0, 0.1) is 11.8 Å². The minimum atomic E-state index is -1.52. The first-order valence-corrected chi connectivity index (χ1v) is 9.58. The van der Waals surface area contributed by atoms with Crippen LogP contribution in [0.3, 0.4) is 0 Å². The van der Waals surface area contributed by atoms with Crippen molar-refractivity contribution in [2.75, 3.05) is 13.7 Å². The fourth-order valence-electron chi connectivity index (χ4n) is 3.32. The lowest BCUT2D eigenvalue weighted by Crippen LogP contribution is -2.54. The quantitative estimate of drug-likeness (QED) is 0.549. The third-order valence-electron chi connectivity index (χ3n) is 4.83. The largest absolute Gasteiger partial charge is 0.497 e. The van der Waals surface area contributed by atoms with Crippen molar-refractivity contribution in [2.45, 2.75) is 12.1 Å². The number of carbonyl (C=O) groups is 3. The van der Waals surface area contributed by atoms with Gasteiger partial charge in [-0.2, -0.15) is 0 Å². The third kappa shape index (κ3) is 3.57. The summed E-state index contributed by atoms with van der Waals surface area (Å²) in [6.07, 6.45) is 0. The van der Waals surface area contributed by atoms with Gasteiger partial charge in [0.25, 0.3) is 11.8 Å². The predicted molar refractivity (Wildman–Crippen MR) is 108 cm³/mol. The second-order valence-electron chi connectivity index (χ2n) is 6.75. The van der Waals surface area contributed by atoms with Crippen molar-refractivity contribution in [1.29, 1.82) is 0 Å². The van der Waals surface area contributed by atoms with Crippen LogP contribution in [0.4, 0.5) is 4.79 Å². The lowest BCUT2D eigenvalue weighted by molar-refractivity contribution is -0.122. The highest BCUT2D eigenvalue weighted by Crippen LogP contribution is 2.28. The van der Waals surface area contributed by atoms with Crippen LogP contribution in [-0.2, 0) is 11.3 Å². The van der Waals surface area contributed by atoms with Crippen LogP contribution in [0.5, 0.6) is 5.75 Å². The molecule has 146 valence electrons. The van der Waals surface area contributed by atoms with Gasteiger partial charge in [-0.3, -0.25) is 14.9 Å². The molecule has 0 unspecified atom stereocenters. The lowest BCUT2D eigenvalue weighted by Gasteiger charge is -2.26. The van der Waals surface area contributed by atoms with Gasteiger partial charge >= 0.3 is 6.03 Å². The number of nitrogens with zero attached hydrogens (tertiary/aromatic N) is 1. The summed E-state index contributed by atoms with van der Waals surface area (Å²) in [5.41, 5.74) is 0.510. The monoisotopic (exact) mass is 453 g/mol. The third-order valence-corrected chi connectivity index (χ3v) is 5.36. The Hall–Kier alpha value is -3.31. The number of hydrogen-bond donors (Lipinski definition) is 2. The van der Waals surface area contributed by atoms with Crippen molar-refractivity contribution in [1.82, 2.24) is 15.5 Å². The van der Waals surface area contributed by atoms with Gasteiger partial charge in [0.05, 0.1) is 13.7 Å². The average Bonchev–Trinajstić information content (AvgIpc) is 3.16. The number of amides is 4. The Morgan fingerprint density at radius 2 is 1.93 bits per heavy atom. The number of imide groups is 1. The number of rotatable bonds is 3. The molecule has 2 N–H and O–H groups in total. The van der Waals surface area contributed by atoms with E-state index in [1.165, 1.54) is 12.0 Å². The van der Waals surface area contributed by atoms with Crippen molar-refractivity contribution in [2.24, 2.45) is 0 Å². The van der Waals surface area contributed by atoms with Gasteiger partial charge in [-0.1, -0.05) is 33.8 Å². The van der Waals surface area contributed by atoms with Crippen molar-refractivity contribution < 1.29 is 19.1 Å². The zero-order valence-corrected chi connectivity index (χ0v) is 17.0. The number of ether oxygens (including phenoxy) is 1. The average molecular weight is 454 g/mol. The van der Waals surface area contributed by atoms with Gasteiger partial charge < -0.3 is 15.0 Å². The van der Waals surface area contributed by atoms with Crippen LogP contribution >= 0.6 is 15.9 Å². The van der Waals surface area contributed by atoms with Crippen molar-refractivity contribution in [3.8, 4) is 17.6 Å². The molecule has 4 amide bonds. The Morgan fingerprint density at radius 1 is 1.17 bits per heavy atom. The summed E-state index contributed by atoms with van der Waals surface area (Å²) < 4.78 is 6.09. The molecule has 1 atom stereocenters. The summed E-state index contributed by atoms with van der Waals surface area (Å²) in [7, 11) is 1.53. The summed E-state index contributed by atoms with van der Waals surface area (Å²) in [5, 5.41) is 4.82. The van der Waals surface area contributed by atoms with Gasteiger partial charge in [-0.05, 0) is 42.0 Å². The molecule has 29 heavy (non-hydrogen) atoms. The van der Waals surface area contributed by atoms with Gasteiger partial charge in [0, 0.05) is 22.1 Å². The Labute approximate surface area is 175 Å². The Morgan fingerprint density at radius 3 is 2.59 bits per heavy atom. The second kappa shape index (κ2) is 7.26. The van der Waals surface area contributed by atoms with E-state index in [9.17, 15) is 14.4 Å². The normalized spacial score (nSPS) is 19.9. The Bertz CT molecular complexity index is 1090. The molecule has 2 aromatic carbocycles. The van der Waals surface area contributed by atoms with E-state index in [0.717, 1.165) is 10.0 Å². The number of fused-ring (bicyclic) bond motifs is 1. The van der Waals surface area contributed by atoms with E-state index in [2.05, 4.69) is 38.4 Å². The van der Waals surface area contributed by atoms with Gasteiger partial charge in [-0.15, -0.1) is 0 Å². The SMILES string of the molecule is COc1ccc2c(c1)C(=O)N(C[C@@]1(C#Cc3ccc(Br)cc3)NC(=O)NC1=O)C2. The minimum absolute atomic E-state index is 0.0655. The molecular formula is C21H16BrN3O4. The van der Waals surface area contributed by atoms with Crippen LogP contribution in [0.15, 0.2) is 46.9 Å². The Balaban J connectivity index is 1.64. The van der Waals surface area contributed by atoms with Crippen LogP contribution in [0.25, 0.3) is 0 Å². The first-order chi connectivity index (χ1) is 13.9. The number of halogens is 1. The molecule has 0 saturated carbocycles. The van der Waals surface area contributed by atoms with E-state index in [0.29, 0.717) is 23.4 Å². The molecule has 2 aliphatic rings. The molecule has 2 heterocycles. The fourth-order valence-corrected chi connectivity index (χ4v) is 3.59. The molecule has 4 rings (SSSR count). The summed E-state index contributed by atoms with van der Waals surface area (Å²) in [6.45, 7) is 0.257. The number of nitrogens with one attached hydrogen (secondary N) is 2. The molecule has 0 aromatic heterocycles. The zero-order valence-electron chi connectivity index (χ0n) is 15.4. The number of urea groups is 1. The van der Waals surface area contributed by atoms with E-state index in [4.69, 9.17) is 4.74 Å². The second-order valence-corrected chi connectivity index (χ2v) is 7.67. The summed E-state index contributed by atoms with van der Waals surface area (Å²) in [6, 6.07) is 11.9. The topological polar surface area (TPSA) is 87.7 Å². The van der Waals surface area contributed by atoms with Crippen LogP contribution in [-0.4, -0.2) is 41.9 Å². The Kier molecular flexibility index (Phi) is 4.76. The number of benzene rings is 2.